The molecule has 0 bridgehead atoms. The molecule has 1 aromatic heterocycles. The van der Waals surface area contributed by atoms with Crippen molar-refractivity contribution in [3.05, 3.63) is 56.8 Å². The number of aromatic nitrogens is 1. The number of carboxylic acid groups (broad SMARTS) is 1. The summed E-state index contributed by atoms with van der Waals surface area (Å²) in [5.41, 5.74) is -0.288. The topological polar surface area (TPSA) is 79.3 Å². The van der Waals surface area contributed by atoms with Crippen LogP contribution in [0.3, 0.4) is 0 Å². The molecule has 0 fully saturated rings. The van der Waals surface area contributed by atoms with Crippen molar-refractivity contribution < 1.29 is 14.7 Å². The zero-order valence-electron chi connectivity index (χ0n) is 10.2. The van der Waals surface area contributed by atoms with E-state index in [0.29, 0.717) is 0 Å². The van der Waals surface area contributed by atoms with Gasteiger partial charge in [-0.05, 0) is 24.3 Å². The maximum atomic E-state index is 12.1. The van der Waals surface area contributed by atoms with E-state index in [0.717, 1.165) is 0 Å². The van der Waals surface area contributed by atoms with Crippen LogP contribution in [0.15, 0.2) is 30.3 Å². The van der Waals surface area contributed by atoms with E-state index in [2.05, 4.69) is 10.3 Å². The first-order chi connectivity index (χ1) is 9.90. The number of hydrogen-bond acceptors (Lipinski definition) is 3. The van der Waals surface area contributed by atoms with E-state index >= 15 is 0 Å². The Balaban J connectivity index is 2.39. The number of nitrogens with zero attached hydrogens (tertiary/aromatic N) is 1. The molecule has 2 N–H and O–H groups in total. The molecule has 0 radical (unpaired) electrons. The molecule has 1 amide bonds. The fourth-order valence-corrected chi connectivity index (χ4v) is 2.20. The van der Waals surface area contributed by atoms with Crippen molar-refractivity contribution >= 4 is 52.4 Å². The number of aromatic carboxylic acids is 1. The van der Waals surface area contributed by atoms with Crippen LogP contribution in [0.5, 0.6) is 0 Å². The molecule has 0 saturated heterocycles. The van der Waals surface area contributed by atoms with Crippen LogP contribution in [0.4, 0.5) is 5.69 Å². The number of halogens is 3. The number of pyridine rings is 1. The van der Waals surface area contributed by atoms with Gasteiger partial charge in [0, 0.05) is 0 Å². The lowest BCUT2D eigenvalue weighted by atomic mass is 10.1. The quantitative estimate of drug-likeness (QED) is 0.824. The van der Waals surface area contributed by atoms with Crippen molar-refractivity contribution in [1.82, 2.24) is 4.98 Å². The maximum absolute atomic E-state index is 12.1. The van der Waals surface area contributed by atoms with Crippen LogP contribution in [0.1, 0.15) is 20.8 Å². The number of anilines is 1. The summed E-state index contributed by atoms with van der Waals surface area (Å²) in [6.07, 6.45) is 0. The molecule has 0 saturated carbocycles. The smallest absolute Gasteiger partial charge is 0.339 e. The molecule has 21 heavy (non-hydrogen) atoms. The molecular formula is C13H7Cl3N2O3. The first kappa shape index (κ1) is 15.6. The molecule has 8 heteroatoms. The third-order valence-electron chi connectivity index (χ3n) is 2.50. The van der Waals surface area contributed by atoms with Crippen LogP contribution in [-0.4, -0.2) is 22.0 Å². The average Bonchev–Trinajstić information content (AvgIpc) is 2.41. The number of benzene rings is 1. The summed E-state index contributed by atoms with van der Waals surface area (Å²) in [6.45, 7) is 0. The van der Waals surface area contributed by atoms with Gasteiger partial charge in [0.2, 0.25) is 0 Å². The zero-order chi connectivity index (χ0) is 15.6. The lowest BCUT2D eigenvalue weighted by molar-refractivity contribution is 0.0698. The molecule has 2 rings (SSSR count). The second-order valence-corrected chi connectivity index (χ2v) is 5.09. The minimum atomic E-state index is -1.26. The van der Waals surface area contributed by atoms with Gasteiger partial charge in [0.25, 0.3) is 5.91 Å². The normalized spacial score (nSPS) is 10.2. The Labute approximate surface area is 134 Å². The summed E-state index contributed by atoms with van der Waals surface area (Å²) in [7, 11) is 0. The molecule has 108 valence electrons. The highest BCUT2D eigenvalue weighted by Crippen LogP contribution is 2.25. The van der Waals surface area contributed by atoms with Crippen molar-refractivity contribution in [3.63, 3.8) is 0 Å². The van der Waals surface area contributed by atoms with Gasteiger partial charge < -0.3 is 10.4 Å². The minimum Gasteiger partial charge on any atom is -0.478 e. The molecule has 0 atom stereocenters. The number of carbonyl (C=O) groups excluding carboxylic acids is 1. The number of carbonyl (C=O) groups is 2. The molecule has 0 aliphatic rings. The van der Waals surface area contributed by atoms with Gasteiger partial charge in [-0.3, -0.25) is 4.79 Å². The largest absolute Gasteiger partial charge is 0.478 e. The molecule has 0 aliphatic heterocycles. The molecule has 0 unspecified atom stereocenters. The van der Waals surface area contributed by atoms with Gasteiger partial charge in [-0.1, -0.05) is 40.9 Å². The standard InChI is InChI=1S/C13H7Cl3N2O3/c14-6-2-1-3-8(10(6)13(20)21)17-12(19)11-7(15)4-5-9(16)18-11/h1-5H,(H,17,19)(H,20,21). The predicted octanol–water partition coefficient (Wildman–Crippen LogP) is 3.99. The highest BCUT2D eigenvalue weighted by molar-refractivity contribution is 6.36. The van der Waals surface area contributed by atoms with Gasteiger partial charge in [0.1, 0.15) is 16.4 Å². The molecule has 5 nitrogen and oxygen atoms in total. The lowest BCUT2D eigenvalue weighted by Crippen LogP contribution is -2.17. The Morgan fingerprint density at radius 3 is 2.43 bits per heavy atom. The third kappa shape index (κ3) is 3.44. The second-order valence-electron chi connectivity index (χ2n) is 3.89. The third-order valence-corrected chi connectivity index (χ3v) is 3.33. The van der Waals surface area contributed by atoms with E-state index in [1.54, 1.807) is 0 Å². The van der Waals surface area contributed by atoms with Crippen molar-refractivity contribution in [2.45, 2.75) is 0 Å². The molecule has 2 aromatic rings. The number of nitrogens with one attached hydrogen (secondary N) is 1. The average molecular weight is 346 g/mol. The van der Waals surface area contributed by atoms with Gasteiger partial charge >= 0.3 is 5.97 Å². The second kappa shape index (κ2) is 6.30. The van der Waals surface area contributed by atoms with E-state index in [1.807, 2.05) is 0 Å². The summed E-state index contributed by atoms with van der Waals surface area (Å²) in [5, 5.41) is 11.7. The van der Waals surface area contributed by atoms with Gasteiger partial charge in [-0.2, -0.15) is 0 Å². The van der Waals surface area contributed by atoms with E-state index in [9.17, 15) is 9.59 Å². The Hall–Kier alpha value is -1.82. The minimum absolute atomic E-state index is 0.00505. The number of carboxylic acids is 1. The fraction of sp³-hybridized carbons (Fsp3) is 0. The first-order valence-electron chi connectivity index (χ1n) is 5.55. The lowest BCUT2D eigenvalue weighted by Gasteiger charge is -2.10. The highest BCUT2D eigenvalue weighted by Gasteiger charge is 2.19. The summed E-state index contributed by atoms with van der Waals surface area (Å²) in [4.78, 5) is 27.1. The zero-order valence-corrected chi connectivity index (χ0v) is 12.5. The Morgan fingerprint density at radius 2 is 1.76 bits per heavy atom. The van der Waals surface area contributed by atoms with Crippen molar-refractivity contribution in [2.75, 3.05) is 5.32 Å². The van der Waals surface area contributed by atoms with Crippen molar-refractivity contribution in [2.24, 2.45) is 0 Å². The van der Waals surface area contributed by atoms with Crippen LogP contribution >= 0.6 is 34.8 Å². The summed E-state index contributed by atoms with van der Waals surface area (Å²) in [6, 6.07) is 7.18. The fourth-order valence-electron chi connectivity index (χ4n) is 1.60. The number of rotatable bonds is 3. The van der Waals surface area contributed by atoms with Crippen molar-refractivity contribution in [3.8, 4) is 0 Å². The SMILES string of the molecule is O=C(Nc1cccc(Cl)c1C(=O)O)c1nc(Cl)ccc1Cl. The van der Waals surface area contributed by atoms with Crippen LogP contribution in [0, 0.1) is 0 Å². The number of hydrogen-bond donors (Lipinski definition) is 2. The summed E-state index contributed by atoms with van der Waals surface area (Å²) in [5.74, 6) is -1.95. The van der Waals surface area contributed by atoms with Gasteiger partial charge in [-0.15, -0.1) is 0 Å². The monoisotopic (exact) mass is 344 g/mol. The highest BCUT2D eigenvalue weighted by atomic mass is 35.5. The molecule has 1 aromatic carbocycles. The van der Waals surface area contributed by atoms with E-state index in [1.165, 1.54) is 30.3 Å². The van der Waals surface area contributed by atoms with Crippen LogP contribution in [0.2, 0.25) is 15.2 Å². The Morgan fingerprint density at radius 1 is 1.05 bits per heavy atom. The van der Waals surface area contributed by atoms with Gasteiger partial charge in [0.05, 0.1) is 15.7 Å². The van der Waals surface area contributed by atoms with Crippen molar-refractivity contribution in [1.29, 1.82) is 0 Å². The summed E-state index contributed by atoms with van der Waals surface area (Å²) < 4.78 is 0. The molecule has 1 heterocycles. The number of amides is 1. The maximum Gasteiger partial charge on any atom is 0.339 e. The van der Waals surface area contributed by atoms with E-state index in [-0.39, 0.29) is 32.1 Å². The van der Waals surface area contributed by atoms with E-state index in [4.69, 9.17) is 39.9 Å². The van der Waals surface area contributed by atoms with E-state index < -0.39 is 11.9 Å². The van der Waals surface area contributed by atoms with Crippen LogP contribution in [-0.2, 0) is 0 Å². The van der Waals surface area contributed by atoms with Gasteiger partial charge in [-0.25, -0.2) is 9.78 Å². The molecule has 0 aliphatic carbocycles. The van der Waals surface area contributed by atoms with Gasteiger partial charge in [0.15, 0.2) is 0 Å². The molecular weight excluding hydrogens is 339 g/mol. The van der Waals surface area contributed by atoms with Crippen LogP contribution < -0.4 is 5.32 Å². The first-order valence-corrected chi connectivity index (χ1v) is 6.68. The Kier molecular flexibility index (Phi) is 4.67. The Bertz CT molecular complexity index is 735. The predicted molar refractivity (Wildman–Crippen MR) is 80.6 cm³/mol. The summed E-state index contributed by atoms with van der Waals surface area (Å²) >= 11 is 17.4. The molecule has 0 spiro atoms. The van der Waals surface area contributed by atoms with Crippen LogP contribution in [0.25, 0.3) is 0 Å².